The van der Waals surface area contributed by atoms with E-state index in [1.165, 1.54) is 29.3 Å². The average molecular weight is 378 g/mol. The highest BCUT2D eigenvalue weighted by atomic mass is 32.2. The Morgan fingerprint density at radius 1 is 1.11 bits per heavy atom. The normalized spacial score (nSPS) is 14.2. The molecule has 27 heavy (non-hydrogen) atoms. The molecular weight excluding hydrogens is 354 g/mol. The highest BCUT2D eigenvalue weighted by Gasteiger charge is 2.22. The van der Waals surface area contributed by atoms with Crippen LogP contribution >= 0.6 is 11.8 Å². The van der Waals surface area contributed by atoms with E-state index in [0.717, 1.165) is 40.5 Å². The number of fused-ring (bicyclic) bond motifs is 1. The lowest BCUT2D eigenvalue weighted by atomic mass is 10.0. The fourth-order valence-electron chi connectivity index (χ4n) is 3.65. The van der Waals surface area contributed by atoms with Gasteiger partial charge in [0, 0.05) is 18.2 Å². The molecular formula is C22H23N3OS. The summed E-state index contributed by atoms with van der Waals surface area (Å²) >= 11 is 1.47. The van der Waals surface area contributed by atoms with Crippen molar-refractivity contribution in [3.05, 3.63) is 64.7 Å². The van der Waals surface area contributed by atoms with Crippen LogP contribution in [0.5, 0.6) is 0 Å². The zero-order valence-corrected chi connectivity index (χ0v) is 16.7. The number of hydrogen-bond acceptors (Lipinski definition) is 4. The number of ketones is 1. The minimum Gasteiger partial charge on any atom is -0.305 e. The first-order chi connectivity index (χ1) is 13.0. The van der Waals surface area contributed by atoms with Gasteiger partial charge in [0.05, 0.1) is 5.25 Å². The van der Waals surface area contributed by atoms with Crippen molar-refractivity contribution in [1.82, 2.24) is 14.8 Å². The molecule has 4 rings (SSSR count). The van der Waals surface area contributed by atoms with Gasteiger partial charge in [-0.3, -0.25) is 4.79 Å². The molecule has 0 aliphatic heterocycles. The maximum Gasteiger partial charge on any atom is 0.191 e. The topological polar surface area (TPSA) is 47.8 Å². The summed E-state index contributed by atoms with van der Waals surface area (Å²) in [6, 6.07) is 14.3. The summed E-state index contributed by atoms with van der Waals surface area (Å²) in [5, 5.41) is 9.24. The summed E-state index contributed by atoms with van der Waals surface area (Å²) in [7, 11) is 1.96. The van der Waals surface area contributed by atoms with Gasteiger partial charge in [-0.25, -0.2) is 0 Å². The Kier molecular flexibility index (Phi) is 4.87. The smallest absolute Gasteiger partial charge is 0.191 e. The molecule has 2 aromatic carbocycles. The number of carbonyl (C=O) groups excluding carboxylic acids is 1. The largest absolute Gasteiger partial charge is 0.305 e. The summed E-state index contributed by atoms with van der Waals surface area (Å²) in [6.45, 7) is 4.01. The fraction of sp³-hybridized carbons (Fsp3) is 0.318. The van der Waals surface area contributed by atoms with Crippen LogP contribution < -0.4 is 0 Å². The van der Waals surface area contributed by atoms with E-state index in [0.29, 0.717) is 0 Å². The number of carbonyl (C=O) groups is 1. The van der Waals surface area contributed by atoms with Gasteiger partial charge in [0.15, 0.2) is 16.8 Å². The van der Waals surface area contributed by atoms with Crippen molar-refractivity contribution < 1.29 is 4.79 Å². The number of aryl methyl sites for hydroxylation is 3. The van der Waals surface area contributed by atoms with Gasteiger partial charge in [-0.05, 0) is 55.9 Å². The molecule has 5 heteroatoms. The van der Waals surface area contributed by atoms with Gasteiger partial charge >= 0.3 is 0 Å². The number of rotatable bonds is 5. The van der Waals surface area contributed by atoms with Crippen molar-refractivity contribution in [3.63, 3.8) is 0 Å². The van der Waals surface area contributed by atoms with Crippen molar-refractivity contribution >= 4 is 17.5 Å². The van der Waals surface area contributed by atoms with Crippen LogP contribution in [0.15, 0.2) is 47.6 Å². The van der Waals surface area contributed by atoms with Gasteiger partial charge in [0.25, 0.3) is 0 Å². The van der Waals surface area contributed by atoms with E-state index in [2.05, 4.69) is 35.3 Å². The predicted molar refractivity (Wildman–Crippen MR) is 109 cm³/mol. The SMILES string of the molecule is Cc1ccccc1-c1nnc(SC(C)C(=O)c2ccc3c(c2)CCC3)n1C. The summed E-state index contributed by atoms with van der Waals surface area (Å²) in [5.41, 5.74) is 5.75. The van der Waals surface area contributed by atoms with Gasteiger partial charge in [-0.2, -0.15) is 0 Å². The predicted octanol–water partition coefficient (Wildman–Crippen LogP) is 4.64. The molecule has 1 heterocycles. The Hall–Kier alpha value is -2.40. The lowest BCUT2D eigenvalue weighted by Crippen LogP contribution is -2.14. The van der Waals surface area contributed by atoms with E-state index < -0.39 is 0 Å². The molecule has 0 fully saturated rings. The number of Topliss-reactive ketones (excluding diaryl/α,β-unsaturated/α-hetero) is 1. The first-order valence-electron chi connectivity index (χ1n) is 9.32. The summed E-state index contributed by atoms with van der Waals surface area (Å²) in [5.74, 6) is 0.975. The minimum atomic E-state index is -0.211. The van der Waals surface area contributed by atoms with Crippen LogP contribution in [0.4, 0.5) is 0 Å². The van der Waals surface area contributed by atoms with Crippen molar-refractivity contribution in [3.8, 4) is 11.4 Å². The quantitative estimate of drug-likeness (QED) is 0.480. The summed E-state index contributed by atoms with van der Waals surface area (Å²) in [6.07, 6.45) is 3.41. The standard InChI is InChI=1S/C22H23N3OS/c1-14-7-4-5-10-19(14)21-23-24-22(25(21)3)27-15(2)20(26)18-12-11-16-8-6-9-17(16)13-18/h4-5,7,10-13,15H,6,8-9H2,1-3H3. The van der Waals surface area contributed by atoms with Crippen LogP contribution in [0.2, 0.25) is 0 Å². The Morgan fingerprint density at radius 2 is 1.89 bits per heavy atom. The van der Waals surface area contributed by atoms with Crippen LogP contribution in [0.3, 0.4) is 0 Å². The van der Waals surface area contributed by atoms with Gasteiger partial charge in [-0.1, -0.05) is 48.2 Å². The minimum absolute atomic E-state index is 0.148. The van der Waals surface area contributed by atoms with Gasteiger partial charge in [0.2, 0.25) is 0 Å². The lowest BCUT2D eigenvalue weighted by molar-refractivity contribution is 0.0993. The number of nitrogens with zero attached hydrogens (tertiary/aromatic N) is 3. The number of thioether (sulfide) groups is 1. The van der Waals surface area contributed by atoms with E-state index in [9.17, 15) is 4.79 Å². The fourth-order valence-corrected chi connectivity index (χ4v) is 4.54. The number of hydrogen-bond donors (Lipinski definition) is 0. The second kappa shape index (κ2) is 7.31. The van der Waals surface area contributed by atoms with Crippen LogP contribution in [-0.4, -0.2) is 25.8 Å². The summed E-state index contributed by atoms with van der Waals surface area (Å²) < 4.78 is 1.97. The number of benzene rings is 2. The molecule has 4 nitrogen and oxygen atoms in total. The highest BCUT2D eigenvalue weighted by molar-refractivity contribution is 8.00. The highest BCUT2D eigenvalue weighted by Crippen LogP contribution is 2.30. The second-order valence-electron chi connectivity index (χ2n) is 7.14. The zero-order valence-electron chi connectivity index (χ0n) is 15.9. The molecule has 0 N–H and O–H groups in total. The van der Waals surface area contributed by atoms with Crippen LogP contribution in [-0.2, 0) is 19.9 Å². The first-order valence-corrected chi connectivity index (χ1v) is 10.2. The van der Waals surface area contributed by atoms with E-state index in [1.807, 2.05) is 42.8 Å². The molecule has 0 saturated carbocycles. The van der Waals surface area contributed by atoms with E-state index in [1.54, 1.807) is 0 Å². The van der Waals surface area contributed by atoms with Gasteiger partial charge in [0.1, 0.15) is 0 Å². The molecule has 0 bridgehead atoms. The van der Waals surface area contributed by atoms with E-state index in [-0.39, 0.29) is 11.0 Å². The molecule has 0 radical (unpaired) electrons. The van der Waals surface area contributed by atoms with E-state index in [4.69, 9.17) is 0 Å². The third-order valence-electron chi connectivity index (χ3n) is 5.26. The maximum absolute atomic E-state index is 12.9. The molecule has 1 aliphatic rings. The average Bonchev–Trinajstić information content (AvgIpc) is 3.28. The molecule has 0 saturated heterocycles. The Balaban J connectivity index is 1.54. The third-order valence-corrected chi connectivity index (χ3v) is 6.39. The Bertz CT molecular complexity index is 1010. The molecule has 0 spiro atoms. The van der Waals surface area contributed by atoms with Gasteiger partial charge < -0.3 is 4.57 Å². The van der Waals surface area contributed by atoms with Gasteiger partial charge in [-0.15, -0.1) is 10.2 Å². The first kappa shape index (κ1) is 18.0. The van der Waals surface area contributed by atoms with Crippen molar-refractivity contribution in [2.45, 2.75) is 43.5 Å². The van der Waals surface area contributed by atoms with Crippen molar-refractivity contribution in [2.75, 3.05) is 0 Å². The van der Waals surface area contributed by atoms with Crippen LogP contribution in [0, 0.1) is 6.92 Å². The van der Waals surface area contributed by atoms with Crippen LogP contribution in [0.1, 0.15) is 40.4 Å². The summed E-state index contributed by atoms with van der Waals surface area (Å²) in [4.78, 5) is 12.9. The molecule has 1 aliphatic carbocycles. The molecule has 138 valence electrons. The molecule has 1 aromatic heterocycles. The molecule has 3 aromatic rings. The third kappa shape index (κ3) is 3.44. The Morgan fingerprint density at radius 3 is 2.70 bits per heavy atom. The number of aromatic nitrogens is 3. The van der Waals surface area contributed by atoms with E-state index >= 15 is 0 Å². The lowest BCUT2D eigenvalue weighted by Gasteiger charge is -2.11. The second-order valence-corrected chi connectivity index (χ2v) is 8.45. The maximum atomic E-state index is 12.9. The molecule has 1 atom stereocenters. The monoisotopic (exact) mass is 377 g/mol. The zero-order chi connectivity index (χ0) is 19.0. The van der Waals surface area contributed by atoms with Crippen molar-refractivity contribution in [1.29, 1.82) is 0 Å². The van der Waals surface area contributed by atoms with Crippen molar-refractivity contribution in [2.24, 2.45) is 7.05 Å². The Labute approximate surface area is 164 Å². The molecule has 1 unspecified atom stereocenters. The molecule has 0 amide bonds. The van der Waals surface area contributed by atoms with Crippen LogP contribution in [0.25, 0.3) is 11.4 Å².